The molecule has 1 aromatic carbocycles. The van der Waals surface area contributed by atoms with E-state index < -0.39 is 0 Å². The molecule has 3 rings (SSSR count). The van der Waals surface area contributed by atoms with Gasteiger partial charge >= 0.3 is 0 Å². The molecule has 0 saturated heterocycles. The van der Waals surface area contributed by atoms with Crippen LogP contribution in [0.5, 0.6) is 0 Å². The van der Waals surface area contributed by atoms with Crippen molar-refractivity contribution in [1.82, 2.24) is 5.16 Å². The van der Waals surface area contributed by atoms with Gasteiger partial charge in [-0.15, -0.1) is 0 Å². The molecule has 20 heavy (non-hydrogen) atoms. The SMILES string of the molecule is Nc1noc(CC2CCCC2)c1-c1ccc(Cl)c(Cl)c1. The summed E-state index contributed by atoms with van der Waals surface area (Å²) in [5.74, 6) is 1.94. The number of anilines is 1. The molecule has 1 saturated carbocycles. The van der Waals surface area contributed by atoms with Gasteiger partial charge in [-0.3, -0.25) is 0 Å². The summed E-state index contributed by atoms with van der Waals surface area (Å²) in [4.78, 5) is 0. The molecule has 0 amide bonds. The summed E-state index contributed by atoms with van der Waals surface area (Å²) in [6.07, 6.45) is 6.00. The normalized spacial score (nSPS) is 15.9. The largest absolute Gasteiger partial charge is 0.380 e. The lowest BCUT2D eigenvalue weighted by Crippen LogP contribution is -1.99. The number of aromatic nitrogens is 1. The van der Waals surface area contributed by atoms with Gasteiger partial charge in [0, 0.05) is 6.42 Å². The zero-order valence-corrected chi connectivity index (χ0v) is 12.5. The molecule has 5 heteroatoms. The van der Waals surface area contributed by atoms with Gasteiger partial charge in [0.15, 0.2) is 5.82 Å². The van der Waals surface area contributed by atoms with Crippen molar-refractivity contribution in [3.05, 3.63) is 34.0 Å². The fraction of sp³-hybridized carbons (Fsp3) is 0.400. The van der Waals surface area contributed by atoms with Gasteiger partial charge in [-0.05, 0) is 23.6 Å². The fourth-order valence-electron chi connectivity index (χ4n) is 2.91. The molecule has 2 aromatic rings. The number of benzene rings is 1. The van der Waals surface area contributed by atoms with Crippen LogP contribution < -0.4 is 5.73 Å². The van der Waals surface area contributed by atoms with Crippen LogP contribution in [0.3, 0.4) is 0 Å². The number of hydrogen-bond donors (Lipinski definition) is 1. The second kappa shape index (κ2) is 5.66. The summed E-state index contributed by atoms with van der Waals surface area (Å²) < 4.78 is 5.43. The molecule has 1 fully saturated rings. The Morgan fingerprint density at radius 1 is 1.20 bits per heavy atom. The molecule has 0 aliphatic heterocycles. The summed E-state index contributed by atoms with van der Waals surface area (Å²) in [7, 11) is 0. The van der Waals surface area contributed by atoms with Crippen LogP contribution in [0.15, 0.2) is 22.7 Å². The van der Waals surface area contributed by atoms with E-state index in [1.54, 1.807) is 6.07 Å². The Hall–Kier alpha value is -1.19. The molecular formula is C15H16Cl2N2O. The molecular weight excluding hydrogens is 295 g/mol. The van der Waals surface area contributed by atoms with Gasteiger partial charge in [-0.25, -0.2) is 0 Å². The molecule has 0 radical (unpaired) electrons. The van der Waals surface area contributed by atoms with Crippen LogP contribution in [-0.2, 0) is 6.42 Å². The highest BCUT2D eigenvalue weighted by atomic mass is 35.5. The summed E-state index contributed by atoms with van der Waals surface area (Å²) in [6, 6.07) is 5.48. The van der Waals surface area contributed by atoms with Crippen LogP contribution in [-0.4, -0.2) is 5.16 Å². The van der Waals surface area contributed by atoms with E-state index in [2.05, 4.69) is 5.16 Å². The molecule has 0 bridgehead atoms. The quantitative estimate of drug-likeness (QED) is 0.871. The number of hydrogen-bond acceptors (Lipinski definition) is 3. The van der Waals surface area contributed by atoms with Crippen molar-refractivity contribution in [2.45, 2.75) is 32.1 Å². The Morgan fingerprint density at radius 2 is 1.95 bits per heavy atom. The van der Waals surface area contributed by atoms with Gasteiger partial charge in [0.05, 0.1) is 15.6 Å². The summed E-state index contributed by atoms with van der Waals surface area (Å²) in [6.45, 7) is 0. The molecule has 0 spiro atoms. The van der Waals surface area contributed by atoms with E-state index in [1.165, 1.54) is 25.7 Å². The number of nitrogen functional groups attached to an aromatic ring is 1. The molecule has 2 N–H and O–H groups in total. The Bertz CT molecular complexity index is 618. The maximum Gasteiger partial charge on any atom is 0.175 e. The fourth-order valence-corrected chi connectivity index (χ4v) is 3.21. The first-order valence-corrected chi connectivity index (χ1v) is 7.60. The molecule has 0 unspecified atom stereocenters. The van der Waals surface area contributed by atoms with Crippen LogP contribution in [0, 0.1) is 5.92 Å². The van der Waals surface area contributed by atoms with Crippen molar-refractivity contribution in [3.8, 4) is 11.1 Å². The molecule has 1 aliphatic carbocycles. The summed E-state index contributed by atoms with van der Waals surface area (Å²) in [5.41, 5.74) is 7.72. The van der Waals surface area contributed by atoms with Crippen LogP contribution in [0.4, 0.5) is 5.82 Å². The monoisotopic (exact) mass is 310 g/mol. The standard InChI is InChI=1S/C15H16Cl2N2O/c16-11-6-5-10(8-12(11)17)14-13(20-19-15(14)18)7-9-3-1-2-4-9/h5-6,8-9H,1-4,7H2,(H2,18,19). The Morgan fingerprint density at radius 3 is 2.65 bits per heavy atom. The van der Waals surface area contributed by atoms with E-state index in [0.717, 1.165) is 23.3 Å². The molecule has 1 heterocycles. The van der Waals surface area contributed by atoms with Gasteiger partial charge in [-0.2, -0.15) is 0 Å². The smallest absolute Gasteiger partial charge is 0.175 e. The van der Waals surface area contributed by atoms with Gasteiger partial charge in [-0.1, -0.05) is 60.1 Å². The van der Waals surface area contributed by atoms with Crippen molar-refractivity contribution < 1.29 is 4.52 Å². The summed E-state index contributed by atoms with van der Waals surface area (Å²) in [5, 5.41) is 4.95. The Kier molecular flexibility index (Phi) is 3.90. The van der Waals surface area contributed by atoms with Crippen molar-refractivity contribution >= 4 is 29.0 Å². The van der Waals surface area contributed by atoms with Crippen molar-refractivity contribution in [2.75, 3.05) is 5.73 Å². The van der Waals surface area contributed by atoms with Crippen LogP contribution in [0.2, 0.25) is 10.0 Å². The highest BCUT2D eigenvalue weighted by Crippen LogP contribution is 2.37. The van der Waals surface area contributed by atoms with E-state index in [1.807, 2.05) is 12.1 Å². The van der Waals surface area contributed by atoms with Crippen LogP contribution >= 0.6 is 23.2 Å². The minimum Gasteiger partial charge on any atom is -0.380 e. The average molecular weight is 311 g/mol. The van der Waals surface area contributed by atoms with Gasteiger partial charge in [0.1, 0.15) is 5.76 Å². The van der Waals surface area contributed by atoms with Gasteiger partial charge in [0.2, 0.25) is 0 Å². The lowest BCUT2D eigenvalue weighted by atomic mass is 9.97. The van der Waals surface area contributed by atoms with E-state index in [-0.39, 0.29) is 0 Å². The minimum atomic E-state index is 0.413. The van der Waals surface area contributed by atoms with E-state index in [9.17, 15) is 0 Å². The van der Waals surface area contributed by atoms with Crippen LogP contribution in [0.25, 0.3) is 11.1 Å². The van der Waals surface area contributed by atoms with Crippen LogP contribution in [0.1, 0.15) is 31.4 Å². The second-order valence-electron chi connectivity index (χ2n) is 5.35. The predicted molar refractivity (Wildman–Crippen MR) is 82.0 cm³/mol. The van der Waals surface area contributed by atoms with Crippen molar-refractivity contribution in [2.24, 2.45) is 5.92 Å². The number of nitrogens with two attached hydrogens (primary N) is 1. The minimum absolute atomic E-state index is 0.413. The highest BCUT2D eigenvalue weighted by Gasteiger charge is 2.22. The highest BCUT2D eigenvalue weighted by molar-refractivity contribution is 6.42. The molecule has 1 aromatic heterocycles. The topological polar surface area (TPSA) is 52.0 Å². The van der Waals surface area contributed by atoms with Gasteiger partial charge < -0.3 is 10.3 Å². The van der Waals surface area contributed by atoms with E-state index in [4.69, 9.17) is 33.5 Å². The van der Waals surface area contributed by atoms with Crippen molar-refractivity contribution in [3.63, 3.8) is 0 Å². The van der Waals surface area contributed by atoms with Gasteiger partial charge in [0.25, 0.3) is 0 Å². The first-order chi connectivity index (χ1) is 9.65. The van der Waals surface area contributed by atoms with Crippen molar-refractivity contribution in [1.29, 1.82) is 0 Å². The third-order valence-corrected chi connectivity index (χ3v) is 4.69. The van der Waals surface area contributed by atoms with E-state index >= 15 is 0 Å². The Balaban J connectivity index is 1.95. The lowest BCUT2D eigenvalue weighted by Gasteiger charge is -2.08. The lowest BCUT2D eigenvalue weighted by molar-refractivity contribution is 0.362. The number of nitrogens with zero attached hydrogens (tertiary/aromatic N) is 1. The maximum absolute atomic E-state index is 6.08. The third kappa shape index (κ3) is 2.65. The second-order valence-corrected chi connectivity index (χ2v) is 6.16. The third-order valence-electron chi connectivity index (χ3n) is 3.95. The number of rotatable bonds is 3. The first kappa shape index (κ1) is 13.8. The summed E-state index contributed by atoms with van der Waals surface area (Å²) >= 11 is 12.0. The maximum atomic E-state index is 6.08. The predicted octanol–water partition coefficient (Wildman–Crippen LogP) is 4.96. The molecule has 1 aliphatic rings. The molecule has 0 atom stereocenters. The number of halogens is 2. The van der Waals surface area contributed by atoms with E-state index in [0.29, 0.717) is 21.8 Å². The zero-order chi connectivity index (χ0) is 14.1. The first-order valence-electron chi connectivity index (χ1n) is 6.84. The average Bonchev–Trinajstić information content (AvgIpc) is 3.04. The Labute approximate surface area is 128 Å². The zero-order valence-electron chi connectivity index (χ0n) is 11.0. The molecule has 3 nitrogen and oxygen atoms in total. The molecule has 106 valence electrons.